The van der Waals surface area contributed by atoms with E-state index >= 15 is 0 Å². The van der Waals surface area contributed by atoms with Crippen LogP contribution in [0, 0.1) is 18.6 Å². The molecule has 0 atom stereocenters. The van der Waals surface area contributed by atoms with Crippen LogP contribution in [0.15, 0.2) is 48.7 Å². The van der Waals surface area contributed by atoms with Crippen molar-refractivity contribution in [3.63, 3.8) is 0 Å². The first-order chi connectivity index (χ1) is 11.5. The van der Waals surface area contributed by atoms with Crippen molar-refractivity contribution in [2.75, 3.05) is 5.32 Å². The quantitative estimate of drug-likeness (QED) is 0.765. The summed E-state index contributed by atoms with van der Waals surface area (Å²) < 4.78 is 28.9. The van der Waals surface area contributed by atoms with Gasteiger partial charge in [0.15, 0.2) is 0 Å². The molecule has 0 aliphatic carbocycles. The standard InChI is InChI=1S/C17H12ClF2N3O/c1-10-12(9-21-23(10)16-5-3-2-4-14(16)20)17(24)22-15-8-11(18)6-7-13(15)19/h2-9H,1H3,(H,22,24). The molecule has 3 rings (SSSR count). The highest BCUT2D eigenvalue weighted by molar-refractivity contribution is 6.31. The predicted octanol–water partition coefficient (Wildman–Crippen LogP) is 4.36. The summed E-state index contributed by atoms with van der Waals surface area (Å²) in [5, 5.41) is 6.78. The molecule has 0 spiro atoms. The molecule has 1 amide bonds. The zero-order valence-corrected chi connectivity index (χ0v) is 13.3. The molecular weight excluding hydrogens is 336 g/mol. The average Bonchev–Trinajstić information content (AvgIpc) is 2.93. The van der Waals surface area contributed by atoms with E-state index in [-0.39, 0.29) is 16.9 Å². The Labute approximate surface area is 141 Å². The Kier molecular flexibility index (Phi) is 4.31. The number of carbonyl (C=O) groups excluding carboxylic acids is 1. The molecule has 0 radical (unpaired) electrons. The lowest BCUT2D eigenvalue weighted by Crippen LogP contribution is -2.14. The largest absolute Gasteiger partial charge is 0.319 e. The topological polar surface area (TPSA) is 46.9 Å². The molecule has 0 bridgehead atoms. The van der Waals surface area contributed by atoms with E-state index in [4.69, 9.17) is 11.6 Å². The molecule has 0 saturated heterocycles. The minimum Gasteiger partial charge on any atom is -0.319 e. The van der Waals surface area contributed by atoms with Gasteiger partial charge in [-0.25, -0.2) is 13.5 Å². The molecule has 0 unspecified atom stereocenters. The first-order valence-electron chi connectivity index (χ1n) is 7.03. The van der Waals surface area contributed by atoms with Crippen LogP contribution in [0.5, 0.6) is 0 Å². The fourth-order valence-corrected chi connectivity index (χ4v) is 2.45. The number of rotatable bonds is 3. The van der Waals surface area contributed by atoms with Gasteiger partial charge < -0.3 is 5.32 Å². The highest BCUT2D eigenvalue weighted by Gasteiger charge is 2.18. The van der Waals surface area contributed by atoms with Gasteiger partial charge in [-0.05, 0) is 37.3 Å². The lowest BCUT2D eigenvalue weighted by Gasteiger charge is -2.08. The van der Waals surface area contributed by atoms with Crippen LogP contribution in [0.2, 0.25) is 5.02 Å². The fraction of sp³-hybridized carbons (Fsp3) is 0.0588. The van der Waals surface area contributed by atoms with E-state index in [2.05, 4.69) is 10.4 Å². The molecule has 2 aromatic carbocycles. The highest BCUT2D eigenvalue weighted by atomic mass is 35.5. The van der Waals surface area contributed by atoms with Crippen molar-refractivity contribution in [1.82, 2.24) is 9.78 Å². The summed E-state index contributed by atoms with van der Waals surface area (Å²) in [4.78, 5) is 12.4. The van der Waals surface area contributed by atoms with Crippen LogP contribution in [0.25, 0.3) is 5.69 Å². The monoisotopic (exact) mass is 347 g/mol. The highest BCUT2D eigenvalue weighted by Crippen LogP contribution is 2.22. The lowest BCUT2D eigenvalue weighted by molar-refractivity contribution is 0.102. The van der Waals surface area contributed by atoms with E-state index in [1.165, 1.54) is 29.1 Å². The lowest BCUT2D eigenvalue weighted by atomic mass is 10.2. The molecule has 122 valence electrons. The van der Waals surface area contributed by atoms with Gasteiger partial charge >= 0.3 is 0 Å². The molecule has 3 aromatic rings. The third kappa shape index (κ3) is 3.00. The number of anilines is 1. The molecule has 24 heavy (non-hydrogen) atoms. The van der Waals surface area contributed by atoms with E-state index in [9.17, 15) is 13.6 Å². The molecule has 0 saturated carbocycles. The zero-order chi connectivity index (χ0) is 17.3. The molecule has 0 aliphatic rings. The van der Waals surface area contributed by atoms with Crippen LogP contribution in [-0.2, 0) is 0 Å². The van der Waals surface area contributed by atoms with Crippen LogP contribution in [0.4, 0.5) is 14.5 Å². The van der Waals surface area contributed by atoms with Crippen LogP contribution >= 0.6 is 11.6 Å². The Morgan fingerprint density at radius 1 is 1.17 bits per heavy atom. The maximum Gasteiger partial charge on any atom is 0.259 e. The van der Waals surface area contributed by atoms with Gasteiger partial charge in [-0.2, -0.15) is 5.10 Å². The second-order valence-corrected chi connectivity index (χ2v) is 5.52. The molecule has 4 nitrogen and oxygen atoms in total. The number of aromatic nitrogens is 2. The smallest absolute Gasteiger partial charge is 0.259 e. The molecule has 1 heterocycles. The predicted molar refractivity (Wildman–Crippen MR) is 87.6 cm³/mol. The summed E-state index contributed by atoms with van der Waals surface area (Å²) >= 11 is 5.80. The van der Waals surface area contributed by atoms with Gasteiger partial charge in [-0.15, -0.1) is 0 Å². The Morgan fingerprint density at radius 2 is 1.92 bits per heavy atom. The third-order valence-corrected chi connectivity index (χ3v) is 3.75. The molecule has 1 aromatic heterocycles. The first kappa shape index (κ1) is 16.1. The van der Waals surface area contributed by atoms with Crippen LogP contribution < -0.4 is 5.32 Å². The van der Waals surface area contributed by atoms with E-state index in [1.54, 1.807) is 25.1 Å². The number of benzene rings is 2. The van der Waals surface area contributed by atoms with Crippen molar-refractivity contribution in [3.05, 3.63) is 76.6 Å². The Hall–Kier alpha value is -2.73. The number of nitrogens with zero attached hydrogens (tertiary/aromatic N) is 2. The number of hydrogen-bond acceptors (Lipinski definition) is 2. The number of amides is 1. The van der Waals surface area contributed by atoms with E-state index in [1.807, 2.05) is 0 Å². The SMILES string of the molecule is Cc1c(C(=O)Nc2cc(Cl)ccc2F)cnn1-c1ccccc1F. The van der Waals surface area contributed by atoms with Crippen molar-refractivity contribution in [3.8, 4) is 5.69 Å². The summed E-state index contributed by atoms with van der Waals surface area (Å²) in [5.41, 5.74) is 0.825. The maximum absolute atomic E-state index is 13.9. The van der Waals surface area contributed by atoms with Crippen LogP contribution in [0.3, 0.4) is 0 Å². The second kappa shape index (κ2) is 6.41. The van der Waals surface area contributed by atoms with Gasteiger partial charge in [-0.1, -0.05) is 23.7 Å². The van der Waals surface area contributed by atoms with Gasteiger partial charge in [0, 0.05) is 5.02 Å². The summed E-state index contributed by atoms with van der Waals surface area (Å²) in [5.74, 6) is -1.63. The van der Waals surface area contributed by atoms with Gasteiger partial charge in [0.25, 0.3) is 5.91 Å². The number of carbonyl (C=O) groups is 1. The summed E-state index contributed by atoms with van der Waals surface area (Å²) in [6.45, 7) is 1.63. The summed E-state index contributed by atoms with van der Waals surface area (Å²) in [6, 6.07) is 9.94. The Balaban J connectivity index is 1.92. The van der Waals surface area contributed by atoms with Gasteiger partial charge in [0.2, 0.25) is 0 Å². The molecular formula is C17H12ClF2N3O. The van der Waals surface area contributed by atoms with E-state index < -0.39 is 17.5 Å². The fourth-order valence-electron chi connectivity index (χ4n) is 2.28. The second-order valence-electron chi connectivity index (χ2n) is 5.09. The van der Waals surface area contributed by atoms with E-state index in [0.717, 1.165) is 6.07 Å². The third-order valence-electron chi connectivity index (χ3n) is 3.51. The van der Waals surface area contributed by atoms with E-state index in [0.29, 0.717) is 10.7 Å². The molecule has 0 fully saturated rings. The number of nitrogens with one attached hydrogen (secondary N) is 1. The molecule has 7 heteroatoms. The Bertz CT molecular complexity index is 924. The minimum atomic E-state index is -0.605. The molecule has 1 N–H and O–H groups in total. The number of halogens is 3. The Morgan fingerprint density at radius 3 is 2.67 bits per heavy atom. The summed E-state index contributed by atoms with van der Waals surface area (Å²) in [7, 11) is 0. The maximum atomic E-state index is 13.9. The minimum absolute atomic E-state index is 0.0365. The van der Waals surface area contributed by atoms with Gasteiger partial charge in [0.05, 0.1) is 23.1 Å². The van der Waals surface area contributed by atoms with Crippen LogP contribution in [-0.4, -0.2) is 15.7 Å². The van der Waals surface area contributed by atoms with Gasteiger partial charge in [0.1, 0.15) is 17.3 Å². The van der Waals surface area contributed by atoms with Crippen molar-refractivity contribution in [1.29, 1.82) is 0 Å². The number of hydrogen-bond donors (Lipinski definition) is 1. The van der Waals surface area contributed by atoms with Crippen LogP contribution in [0.1, 0.15) is 16.1 Å². The van der Waals surface area contributed by atoms with Gasteiger partial charge in [-0.3, -0.25) is 4.79 Å². The normalized spacial score (nSPS) is 10.7. The zero-order valence-electron chi connectivity index (χ0n) is 12.6. The first-order valence-corrected chi connectivity index (χ1v) is 7.41. The average molecular weight is 348 g/mol. The van der Waals surface area contributed by atoms with Crippen molar-refractivity contribution < 1.29 is 13.6 Å². The summed E-state index contributed by atoms with van der Waals surface area (Å²) in [6.07, 6.45) is 1.31. The van der Waals surface area contributed by atoms with Crippen molar-refractivity contribution >= 4 is 23.2 Å². The molecule has 0 aliphatic heterocycles. The van der Waals surface area contributed by atoms with Crippen molar-refractivity contribution in [2.45, 2.75) is 6.92 Å². The number of para-hydroxylation sites is 1. The van der Waals surface area contributed by atoms with Crippen molar-refractivity contribution in [2.24, 2.45) is 0 Å².